The number of hydrogen-bond acceptors (Lipinski definition) is 3. The molecule has 2 rings (SSSR count). The molecule has 0 bridgehead atoms. The number of nitrogens with one attached hydrogen (secondary N) is 1. The number of carbonyl (C=O) groups is 1. The van der Waals surface area contributed by atoms with Crippen molar-refractivity contribution in [2.75, 3.05) is 12.4 Å². The second-order valence-corrected chi connectivity index (χ2v) is 5.43. The number of methoxy groups -OCH3 is 1. The van der Waals surface area contributed by atoms with Gasteiger partial charge in [-0.1, -0.05) is 52.8 Å². The summed E-state index contributed by atoms with van der Waals surface area (Å²) >= 11 is 3.45. The summed E-state index contributed by atoms with van der Waals surface area (Å²) in [5.74, 6) is -0.427. The molecule has 2 aromatic rings. The van der Waals surface area contributed by atoms with Crippen LogP contribution >= 0.6 is 15.9 Å². The minimum atomic E-state index is -0.427. The Morgan fingerprint density at radius 1 is 1.19 bits per heavy atom. The van der Waals surface area contributed by atoms with Crippen LogP contribution in [-0.4, -0.2) is 13.1 Å². The van der Waals surface area contributed by atoms with Crippen LogP contribution in [0.25, 0.3) is 0 Å². The van der Waals surface area contributed by atoms with Crippen LogP contribution in [0.4, 0.5) is 5.69 Å². The van der Waals surface area contributed by atoms with E-state index in [0.717, 1.165) is 15.7 Å². The van der Waals surface area contributed by atoms with E-state index in [2.05, 4.69) is 27.8 Å². The lowest BCUT2D eigenvalue weighted by Crippen LogP contribution is -2.19. The smallest absolute Gasteiger partial charge is 0.335 e. The molecule has 1 atom stereocenters. The average molecular weight is 346 g/mol. The molecule has 0 saturated heterocycles. The molecule has 1 N–H and O–H groups in total. The van der Waals surface area contributed by atoms with E-state index in [-0.39, 0.29) is 6.04 Å². The summed E-state index contributed by atoms with van der Waals surface area (Å²) in [6, 6.07) is 17.1. The molecule has 0 spiro atoms. The molecule has 3 nitrogen and oxygen atoms in total. The van der Waals surface area contributed by atoms with Crippen LogP contribution in [0.5, 0.6) is 0 Å². The number of anilines is 1. The van der Waals surface area contributed by atoms with Crippen LogP contribution in [0.2, 0.25) is 0 Å². The standard InChI is InChI=1S/C17H16BrNO2/c1-12(17(20)21-2)16(13-7-6-8-14(18)11-13)19-15-9-4-3-5-10-15/h3-11,16,19H,1H2,2H3/t16-/m0/s1. The molecule has 0 unspecified atom stereocenters. The molecule has 0 radical (unpaired) electrons. The van der Waals surface area contributed by atoms with Crippen molar-refractivity contribution < 1.29 is 9.53 Å². The maximum Gasteiger partial charge on any atom is 0.335 e. The van der Waals surface area contributed by atoms with Crippen molar-refractivity contribution in [3.63, 3.8) is 0 Å². The average Bonchev–Trinajstić information content (AvgIpc) is 2.52. The molecule has 0 aliphatic heterocycles. The van der Waals surface area contributed by atoms with Crippen molar-refractivity contribution in [2.24, 2.45) is 0 Å². The Bertz CT molecular complexity index is 640. The summed E-state index contributed by atoms with van der Waals surface area (Å²) in [4.78, 5) is 11.8. The highest BCUT2D eigenvalue weighted by Gasteiger charge is 2.21. The molecule has 0 saturated carbocycles. The Morgan fingerprint density at radius 3 is 2.52 bits per heavy atom. The van der Waals surface area contributed by atoms with Gasteiger partial charge < -0.3 is 10.1 Å². The van der Waals surface area contributed by atoms with E-state index in [1.54, 1.807) is 0 Å². The fourth-order valence-corrected chi connectivity index (χ4v) is 2.42. The first-order chi connectivity index (χ1) is 10.1. The Hall–Kier alpha value is -2.07. The second kappa shape index (κ2) is 7.09. The molecule has 4 heteroatoms. The van der Waals surface area contributed by atoms with Gasteiger partial charge in [-0.2, -0.15) is 0 Å². The van der Waals surface area contributed by atoms with Crippen LogP contribution in [-0.2, 0) is 9.53 Å². The first-order valence-electron chi connectivity index (χ1n) is 6.46. The summed E-state index contributed by atoms with van der Waals surface area (Å²) in [6.07, 6.45) is 0. The van der Waals surface area contributed by atoms with E-state index < -0.39 is 5.97 Å². The quantitative estimate of drug-likeness (QED) is 0.647. The highest BCUT2D eigenvalue weighted by Crippen LogP contribution is 2.28. The van der Waals surface area contributed by atoms with Crippen molar-refractivity contribution in [1.82, 2.24) is 0 Å². The highest BCUT2D eigenvalue weighted by molar-refractivity contribution is 9.10. The zero-order valence-electron chi connectivity index (χ0n) is 11.7. The van der Waals surface area contributed by atoms with E-state index in [4.69, 9.17) is 4.74 Å². The normalized spacial score (nSPS) is 11.5. The number of halogens is 1. The first kappa shape index (κ1) is 15.3. The molecule has 2 aromatic carbocycles. The zero-order chi connectivity index (χ0) is 15.2. The summed E-state index contributed by atoms with van der Waals surface area (Å²) < 4.78 is 5.73. The van der Waals surface area contributed by atoms with Gasteiger partial charge in [-0.3, -0.25) is 0 Å². The van der Waals surface area contributed by atoms with Crippen molar-refractivity contribution >= 4 is 27.6 Å². The van der Waals surface area contributed by atoms with E-state index in [1.807, 2.05) is 54.6 Å². The van der Waals surface area contributed by atoms with Gasteiger partial charge in [0.1, 0.15) is 0 Å². The third kappa shape index (κ3) is 3.95. The third-order valence-corrected chi connectivity index (χ3v) is 3.56. The third-order valence-electron chi connectivity index (χ3n) is 3.06. The van der Waals surface area contributed by atoms with E-state index in [9.17, 15) is 4.79 Å². The number of carbonyl (C=O) groups excluding carboxylic acids is 1. The number of rotatable bonds is 5. The number of hydrogen-bond donors (Lipinski definition) is 1. The Kier molecular flexibility index (Phi) is 5.17. The predicted octanol–water partition coefficient (Wildman–Crippen LogP) is 4.33. The SMILES string of the molecule is C=C(C(=O)OC)[C@H](Nc1ccccc1)c1cccc(Br)c1. The Labute approximate surface area is 132 Å². The molecule has 0 amide bonds. The lowest BCUT2D eigenvalue weighted by atomic mass is 9.99. The van der Waals surface area contributed by atoms with Gasteiger partial charge in [-0.15, -0.1) is 0 Å². The highest BCUT2D eigenvalue weighted by atomic mass is 79.9. The molecule has 0 heterocycles. The molecule has 0 aliphatic rings. The second-order valence-electron chi connectivity index (χ2n) is 4.52. The summed E-state index contributed by atoms with van der Waals surface area (Å²) in [5, 5.41) is 3.32. The summed E-state index contributed by atoms with van der Waals surface area (Å²) in [7, 11) is 1.36. The van der Waals surface area contributed by atoms with Crippen LogP contribution in [0.1, 0.15) is 11.6 Å². The number of ether oxygens (including phenoxy) is 1. The van der Waals surface area contributed by atoms with Gasteiger partial charge in [0.2, 0.25) is 0 Å². The maximum absolute atomic E-state index is 11.8. The van der Waals surface area contributed by atoms with Gasteiger partial charge in [0.25, 0.3) is 0 Å². The predicted molar refractivity (Wildman–Crippen MR) is 88.1 cm³/mol. The minimum Gasteiger partial charge on any atom is -0.466 e. The number of benzene rings is 2. The molecular weight excluding hydrogens is 330 g/mol. The fourth-order valence-electron chi connectivity index (χ4n) is 2.01. The van der Waals surface area contributed by atoms with Crippen LogP contribution in [0.15, 0.2) is 71.2 Å². The van der Waals surface area contributed by atoms with Crippen molar-refractivity contribution in [3.05, 3.63) is 76.8 Å². The molecular formula is C17H16BrNO2. The van der Waals surface area contributed by atoms with E-state index >= 15 is 0 Å². The van der Waals surface area contributed by atoms with Gasteiger partial charge in [0.05, 0.1) is 18.7 Å². The minimum absolute atomic E-state index is 0.350. The Morgan fingerprint density at radius 2 is 1.90 bits per heavy atom. The number of esters is 1. The van der Waals surface area contributed by atoms with Gasteiger partial charge in [0, 0.05) is 10.2 Å². The van der Waals surface area contributed by atoms with Crippen molar-refractivity contribution in [3.8, 4) is 0 Å². The van der Waals surface area contributed by atoms with Gasteiger partial charge in [0.15, 0.2) is 0 Å². The Balaban J connectivity index is 2.35. The van der Waals surface area contributed by atoms with Gasteiger partial charge in [-0.25, -0.2) is 4.79 Å². The van der Waals surface area contributed by atoms with Crippen LogP contribution in [0, 0.1) is 0 Å². The van der Waals surface area contributed by atoms with Crippen LogP contribution in [0.3, 0.4) is 0 Å². The maximum atomic E-state index is 11.8. The van der Waals surface area contributed by atoms with Gasteiger partial charge in [-0.05, 0) is 29.8 Å². The summed E-state index contributed by atoms with van der Waals surface area (Å²) in [6.45, 7) is 3.88. The zero-order valence-corrected chi connectivity index (χ0v) is 13.3. The van der Waals surface area contributed by atoms with Crippen LogP contribution < -0.4 is 5.32 Å². The molecule has 0 fully saturated rings. The molecule has 108 valence electrons. The largest absolute Gasteiger partial charge is 0.466 e. The van der Waals surface area contributed by atoms with Gasteiger partial charge >= 0.3 is 5.97 Å². The van der Waals surface area contributed by atoms with Crippen molar-refractivity contribution in [1.29, 1.82) is 0 Å². The fraction of sp³-hybridized carbons (Fsp3) is 0.118. The van der Waals surface area contributed by atoms with Crippen molar-refractivity contribution in [2.45, 2.75) is 6.04 Å². The molecule has 0 aromatic heterocycles. The topological polar surface area (TPSA) is 38.3 Å². The monoisotopic (exact) mass is 345 g/mol. The molecule has 21 heavy (non-hydrogen) atoms. The van der Waals surface area contributed by atoms with E-state index in [1.165, 1.54) is 7.11 Å². The lowest BCUT2D eigenvalue weighted by Gasteiger charge is -2.21. The molecule has 0 aliphatic carbocycles. The van der Waals surface area contributed by atoms with E-state index in [0.29, 0.717) is 5.57 Å². The lowest BCUT2D eigenvalue weighted by molar-refractivity contribution is -0.136. The number of para-hydroxylation sites is 1. The first-order valence-corrected chi connectivity index (χ1v) is 7.25. The summed E-state index contributed by atoms with van der Waals surface area (Å²) in [5.41, 5.74) is 2.20.